The molecule has 9 heteroatoms. The van der Waals surface area contributed by atoms with E-state index in [1.54, 1.807) is 6.92 Å². The van der Waals surface area contributed by atoms with Crippen LogP contribution in [0.5, 0.6) is 0 Å². The molecule has 0 aliphatic carbocycles. The van der Waals surface area contributed by atoms with Crippen LogP contribution >= 0.6 is 0 Å². The number of nitrogens with zero attached hydrogens (tertiary/aromatic N) is 3. The fourth-order valence-corrected chi connectivity index (χ4v) is 2.20. The molecule has 2 heterocycles. The van der Waals surface area contributed by atoms with E-state index in [0.29, 0.717) is 11.6 Å². The molecule has 0 aliphatic rings. The third-order valence-electron chi connectivity index (χ3n) is 3.44. The number of hydrogen-bond donors (Lipinski definition) is 0. The molecule has 0 fully saturated rings. The highest BCUT2D eigenvalue weighted by molar-refractivity contribution is 5.49. The van der Waals surface area contributed by atoms with Crippen LogP contribution in [-0.4, -0.2) is 20.9 Å². The van der Waals surface area contributed by atoms with Crippen molar-refractivity contribution >= 4 is 5.78 Å². The minimum absolute atomic E-state index is 0.193. The lowest BCUT2D eigenvalue weighted by Crippen LogP contribution is -2.24. The number of hydrogen-bond acceptors (Lipinski definition) is 2. The summed E-state index contributed by atoms with van der Waals surface area (Å²) >= 11 is 0. The molecule has 0 atom stereocenters. The van der Waals surface area contributed by atoms with Gasteiger partial charge in [0.1, 0.15) is 5.69 Å². The van der Waals surface area contributed by atoms with Crippen LogP contribution in [0, 0.1) is 31.4 Å². The van der Waals surface area contributed by atoms with Gasteiger partial charge in [-0.15, -0.1) is 0 Å². The van der Waals surface area contributed by atoms with Crippen molar-refractivity contribution in [2.24, 2.45) is 0 Å². The van der Waals surface area contributed by atoms with Gasteiger partial charge < -0.3 is 0 Å². The molecule has 3 aromatic rings. The second kappa shape index (κ2) is 6.81. The Kier molecular flexibility index (Phi) is 5.01. The van der Waals surface area contributed by atoms with Gasteiger partial charge in [0.25, 0.3) is 5.56 Å². The van der Waals surface area contributed by atoms with Crippen LogP contribution in [0.4, 0.5) is 22.0 Å². The molecule has 0 radical (unpaired) electrons. The van der Waals surface area contributed by atoms with E-state index in [9.17, 15) is 26.7 Å². The van der Waals surface area contributed by atoms with Crippen molar-refractivity contribution in [2.45, 2.75) is 13.8 Å². The van der Waals surface area contributed by atoms with Gasteiger partial charge in [-0.1, -0.05) is 0 Å². The maximum absolute atomic E-state index is 14.4. The molecular formula is C15H12F5N3O. The Bertz CT molecular complexity index is 948. The van der Waals surface area contributed by atoms with Gasteiger partial charge in [-0.3, -0.25) is 9.20 Å². The van der Waals surface area contributed by atoms with Gasteiger partial charge in [0, 0.05) is 12.4 Å². The van der Waals surface area contributed by atoms with Gasteiger partial charge >= 0.3 is 0 Å². The molecule has 1 aromatic carbocycles. The topological polar surface area (TPSA) is 39.3 Å². The highest BCUT2D eigenvalue weighted by atomic mass is 19.3. The summed E-state index contributed by atoms with van der Waals surface area (Å²) in [5.74, 6) is -2.82. The lowest BCUT2D eigenvalue weighted by molar-refractivity contribution is 0.295. The third kappa shape index (κ3) is 2.89. The summed E-state index contributed by atoms with van der Waals surface area (Å²) in [5.41, 5.74) is -0.817. The molecule has 0 saturated heterocycles. The van der Waals surface area contributed by atoms with Crippen molar-refractivity contribution in [1.29, 1.82) is 0 Å². The SMILES string of the molecule is Cc1cc(F)c(-n2c(=O)cc(F)n3ccnc23)c(F)c1C.FCF. The Morgan fingerprint density at radius 3 is 2.38 bits per heavy atom. The zero-order chi connectivity index (χ0) is 18.0. The van der Waals surface area contributed by atoms with Crippen LogP contribution in [0.25, 0.3) is 11.5 Å². The van der Waals surface area contributed by atoms with Crippen molar-refractivity contribution in [3.05, 3.63) is 63.6 Å². The molecule has 3 rings (SSSR count). The molecule has 0 aliphatic heterocycles. The van der Waals surface area contributed by atoms with Crippen molar-refractivity contribution in [3.63, 3.8) is 0 Å². The number of benzene rings is 1. The summed E-state index contributed by atoms with van der Waals surface area (Å²) < 4.78 is 63.1. The normalized spacial score (nSPS) is 10.6. The summed E-state index contributed by atoms with van der Waals surface area (Å²) in [6.07, 6.45) is 2.50. The van der Waals surface area contributed by atoms with Crippen LogP contribution in [0.3, 0.4) is 0 Å². The third-order valence-corrected chi connectivity index (χ3v) is 3.44. The average Bonchev–Trinajstić information content (AvgIpc) is 2.99. The molecule has 0 spiro atoms. The lowest BCUT2D eigenvalue weighted by atomic mass is 10.1. The van der Waals surface area contributed by atoms with Crippen molar-refractivity contribution in [2.75, 3.05) is 6.93 Å². The quantitative estimate of drug-likeness (QED) is 0.501. The van der Waals surface area contributed by atoms with Crippen LogP contribution in [0.15, 0.2) is 29.3 Å². The Morgan fingerprint density at radius 1 is 1.12 bits per heavy atom. The van der Waals surface area contributed by atoms with Crippen LogP contribution in [0.1, 0.15) is 11.1 Å². The van der Waals surface area contributed by atoms with Gasteiger partial charge in [-0.2, -0.15) is 4.39 Å². The summed E-state index contributed by atoms with van der Waals surface area (Å²) in [5, 5.41) is 0. The lowest BCUT2D eigenvalue weighted by Gasteiger charge is -2.13. The molecule has 0 bridgehead atoms. The van der Waals surface area contributed by atoms with Gasteiger partial charge in [0.15, 0.2) is 11.6 Å². The van der Waals surface area contributed by atoms with Crippen LogP contribution < -0.4 is 5.56 Å². The molecule has 24 heavy (non-hydrogen) atoms. The number of aryl methyl sites for hydroxylation is 1. The van der Waals surface area contributed by atoms with E-state index in [2.05, 4.69) is 4.98 Å². The number of alkyl halides is 2. The largest absolute Gasteiger partial charge is 0.269 e. The molecule has 0 unspecified atom stereocenters. The number of imidazole rings is 1. The highest BCUT2D eigenvalue weighted by Gasteiger charge is 2.20. The van der Waals surface area contributed by atoms with Crippen molar-refractivity contribution in [1.82, 2.24) is 14.0 Å². The van der Waals surface area contributed by atoms with E-state index in [0.717, 1.165) is 15.0 Å². The van der Waals surface area contributed by atoms with Crippen LogP contribution in [0.2, 0.25) is 0 Å². The fourth-order valence-electron chi connectivity index (χ4n) is 2.20. The van der Waals surface area contributed by atoms with E-state index in [1.807, 2.05) is 0 Å². The summed E-state index contributed by atoms with van der Waals surface area (Å²) in [6.45, 7) is 1.29. The fraction of sp³-hybridized carbons (Fsp3) is 0.200. The van der Waals surface area contributed by atoms with E-state index in [1.165, 1.54) is 19.3 Å². The summed E-state index contributed by atoms with van der Waals surface area (Å²) in [4.78, 5) is 15.8. The molecule has 0 amide bonds. The van der Waals surface area contributed by atoms with E-state index >= 15 is 0 Å². The summed E-state index contributed by atoms with van der Waals surface area (Å²) in [7, 11) is 0. The Hall–Kier alpha value is -2.71. The molecule has 0 saturated carbocycles. The van der Waals surface area contributed by atoms with E-state index in [4.69, 9.17) is 0 Å². The number of rotatable bonds is 1. The first kappa shape index (κ1) is 17.6. The van der Waals surface area contributed by atoms with E-state index in [-0.39, 0.29) is 11.3 Å². The number of aromatic nitrogens is 3. The zero-order valence-electron chi connectivity index (χ0n) is 12.7. The monoisotopic (exact) mass is 345 g/mol. The predicted molar refractivity (Wildman–Crippen MR) is 77.2 cm³/mol. The second-order valence-corrected chi connectivity index (χ2v) is 4.80. The first-order valence-corrected chi connectivity index (χ1v) is 6.65. The summed E-state index contributed by atoms with van der Waals surface area (Å²) in [6, 6.07) is 1.78. The molecule has 0 N–H and O–H groups in total. The van der Waals surface area contributed by atoms with Gasteiger partial charge in [-0.05, 0) is 31.0 Å². The highest BCUT2D eigenvalue weighted by Crippen LogP contribution is 2.24. The maximum Gasteiger partial charge on any atom is 0.262 e. The van der Waals surface area contributed by atoms with Crippen molar-refractivity contribution in [3.8, 4) is 5.69 Å². The first-order chi connectivity index (χ1) is 11.3. The first-order valence-electron chi connectivity index (χ1n) is 6.65. The molecular weight excluding hydrogens is 333 g/mol. The number of fused-ring (bicyclic) bond motifs is 1. The zero-order valence-corrected chi connectivity index (χ0v) is 12.7. The molecule has 4 nitrogen and oxygen atoms in total. The van der Waals surface area contributed by atoms with Gasteiger partial charge in [0.05, 0.1) is 6.07 Å². The number of halogens is 5. The Morgan fingerprint density at radius 2 is 1.75 bits per heavy atom. The second-order valence-electron chi connectivity index (χ2n) is 4.80. The standard InChI is InChI=1S/C14H10F3N3O.CH2F2/c1-7-5-9(15)13(12(17)8(7)2)20-11(21)6-10(16)19-4-3-18-14(19)20;2-1-3/h3-6H,1-2H3;1H2. The van der Waals surface area contributed by atoms with Gasteiger partial charge in [0.2, 0.25) is 18.7 Å². The minimum Gasteiger partial charge on any atom is -0.269 e. The predicted octanol–water partition coefficient (Wildman–Crippen LogP) is 3.40. The smallest absolute Gasteiger partial charge is 0.262 e. The van der Waals surface area contributed by atoms with Crippen molar-refractivity contribution < 1.29 is 22.0 Å². The van der Waals surface area contributed by atoms with E-state index < -0.39 is 35.8 Å². The van der Waals surface area contributed by atoms with Gasteiger partial charge in [-0.25, -0.2) is 27.1 Å². The molecule has 128 valence electrons. The molecule has 2 aromatic heterocycles. The average molecular weight is 345 g/mol. The Labute approximate surface area is 132 Å². The minimum atomic E-state index is -1.75. The maximum atomic E-state index is 14.4. The van der Waals surface area contributed by atoms with Crippen LogP contribution in [-0.2, 0) is 0 Å². The Balaban J connectivity index is 0.000000647.